The van der Waals surface area contributed by atoms with Gasteiger partial charge in [-0.2, -0.15) is 4.68 Å². The quantitative estimate of drug-likeness (QED) is 0.470. The van der Waals surface area contributed by atoms with Crippen LogP contribution in [0.5, 0.6) is 0 Å². The largest absolute Gasteiger partial charge is 0.481 e. The van der Waals surface area contributed by atoms with Crippen LogP contribution in [0, 0.1) is 11.2 Å². The van der Waals surface area contributed by atoms with Gasteiger partial charge in [-0.25, -0.2) is 4.39 Å². The van der Waals surface area contributed by atoms with Crippen molar-refractivity contribution in [3.63, 3.8) is 0 Å². The minimum Gasteiger partial charge on any atom is -0.481 e. The molecule has 152 valence electrons. The monoisotopic (exact) mass is 400 g/mol. The number of hydrogen-bond donors (Lipinski definition) is 3. The van der Waals surface area contributed by atoms with Gasteiger partial charge in [-0.05, 0) is 37.0 Å². The van der Waals surface area contributed by atoms with Gasteiger partial charge in [-0.15, -0.1) is 0 Å². The molecule has 0 saturated carbocycles. The molecule has 0 fully saturated rings. The van der Waals surface area contributed by atoms with Crippen molar-refractivity contribution in [1.82, 2.24) is 4.68 Å². The number of rotatable bonds is 9. The zero-order valence-electron chi connectivity index (χ0n) is 15.8. The number of nitrogens with one attached hydrogen (secondary N) is 1. The Morgan fingerprint density at radius 2 is 1.83 bits per heavy atom. The molecule has 2 atom stereocenters. The van der Waals surface area contributed by atoms with Gasteiger partial charge in [0.2, 0.25) is 0 Å². The molecule has 29 heavy (non-hydrogen) atoms. The summed E-state index contributed by atoms with van der Waals surface area (Å²) in [5, 5.41) is 18.9. The highest BCUT2D eigenvalue weighted by atomic mass is 19.1. The maximum Gasteiger partial charge on any atom is 0.340 e. The molecule has 7 nitrogen and oxygen atoms in total. The number of halogens is 1. The van der Waals surface area contributed by atoms with Gasteiger partial charge in [-0.3, -0.25) is 14.4 Å². The Bertz CT molecular complexity index is 1060. The normalized spacial score (nSPS) is 14.4. The third-order valence-corrected chi connectivity index (χ3v) is 5.01. The minimum atomic E-state index is -1.48. The van der Waals surface area contributed by atoms with Gasteiger partial charge in [0.1, 0.15) is 5.82 Å². The van der Waals surface area contributed by atoms with Crippen molar-refractivity contribution >= 4 is 5.97 Å². The van der Waals surface area contributed by atoms with Crippen molar-refractivity contribution in [2.75, 3.05) is 12.0 Å². The van der Waals surface area contributed by atoms with Crippen LogP contribution in [0.3, 0.4) is 0 Å². The van der Waals surface area contributed by atoms with Gasteiger partial charge in [0.25, 0.3) is 0 Å². The molecule has 2 aromatic carbocycles. The molecule has 0 aliphatic carbocycles. The molecule has 0 saturated heterocycles. The van der Waals surface area contributed by atoms with Gasteiger partial charge in [0.15, 0.2) is 0 Å². The summed E-state index contributed by atoms with van der Waals surface area (Å²) in [5.74, 6) is -1.64. The van der Waals surface area contributed by atoms with E-state index in [-0.39, 0.29) is 12.8 Å². The second-order valence-corrected chi connectivity index (χ2v) is 7.38. The lowest BCUT2D eigenvalue weighted by Crippen LogP contribution is -2.41. The molecule has 8 heteroatoms. The molecular weight excluding hydrogens is 379 g/mol. The first kappa shape index (κ1) is 20.5. The van der Waals surface area contributed by atoms with Gasteiger partial charge in [0.05, 0.1) is 12.0 Å². The van der Waals surface area contributed by atoms with Crippen LogP contribution < -0.4 is 16.5 Å². The number of carboxylic acids is 1. The second kappa shape index (κ2) is 8.00. The SMILES string of the molecule is C[C@@](CO)(C[C@@H](Cc1ccc(-c2ccccc2)c(F)c1)Nn1c(=O)c1=O)C(=O)O. The lowest BCUT2D eigenvalue weighted by atomic mass is 9.83. The summed E-state index contributed by atoms with van der Waals surface area (Å²) in [6.07, 6.45) is 0.0872. The standard InChI is InChI=1S/C21H21FN2O5/c1-21(12-25,20(28)29)11-15(23-24-18(26)19(24)27)9-13-7-8-16(17(22)10-13)14-5-3-2-4-6-14/h2-8,10,15,23,25H,9,11-12H2,1H3,(H,28,29)/t15-,21+/m1/s1. The zero-order valence-corrected chi connectivity index (χ0v) is 15.8. The Morgan fingerprint density at radius 3 is 2.34 bits per heavy atom. The average Bonchev–Trinajstić information content (AvgIpc) is 3.26. The Labute approximate surface area is 165 Å². The summed E-state index contributed by atoms with van der Waals surface area (Å²) < 4.78 is 15.4. The Morgan fingerprint density at radius 1 is 1.17 bits per heavy atom. The summed E-state index contributed by atoms with van der Waals surface area (Å²) in [6, 6.07) is 13.0. The number of hydrogen-bond acceptors (Lipinski definition) is 5. The molecule has 0 unspecified atom stereocenters. The summed E-state index contributed by atoms with van der Waals surface area (Å²) in [7, 11) is 0. The highest BCUT2D eigenvalue weighted by Crippen LogP contribution is 2.27. The van der Waals surface area contributed by atoms with E-state index in [1.807, 2.05) is 18.2 Å². The summed E-state index contributed by atoms with van der Waals surface area (Å²) >= 11 is 0. The van der Waals surface area contributed by atoms with Crippen molar-refractivity contribution in [2.24, 2.45) is 5.41 Å². The van der Waals surface area contributed by atoms with Crippen molar-refractivity contribution in [3.05, 3.63) is 80.6 Å². The Kier molecular flexibility index (Phi) is 5.65. The molecule has 3 rings (SSSR count). The van der Waals surface area contributed by atoms with E-state index in [9.17, 15) is 29.0 Å². The van der Waals surface area contributed by atoms with Gasteiger partial charge >= 0.3 is 17.1 Å². The fourth-order valence-corrected chi connectivity index (χ4v) is 3.18. The van der Waals surface area contributed by atoms with Crippen LogP contribution in [0.25, 0.3) is 11.1 Å². The molecule has 0 spiro atoms. The minimum absolute atomic E-state index is 0.0715. The van der Waals surface area contributed by atoms with Gasteiger partial charge < -0.3 is 15.6 Å². The van der Waals surface area contributed by atoms with Crippen LogP contribution >= 0.6 is 0 Å². The highest BCUT2D eigenvalue weighted by molar-refractivity contribution is 5.74. The van der Waals surface area contributed by atoms with Crippen LogP contribution in [-0.4, -0.2) is 33.5 Å². The first-order valence-electron chi connectivity index (χ1n) is 9.08. The Balaban J connectivity index is 1.84. The van der Waals surface area contributed by atoms with E-state index in [0.717, 1.165) is 10.2 Å². The topological polar surface area (TPSA) is 109 Å². The maximum absolute atomic E-state index is 14.6. The third kappa shape index (κ3) is 4.43. The van der Waals surface area contributed by atoms with E-state index in [1.54, 1.807) is 24.3 Å². The lowest BCUT2D eigenvalue weighted by molar-refractivity contribution is -0.151. The van der Waals surface area contributed by atoms with Crippen LogP contribution in [0.15, 0.2) is 58.1 Å². The number of nitrogens with zero attached hydrogens (tertiary/aromatic N) is 1. The molecule has 0 aliphatic heterocycles. The van der Waals surface area contributed by atoms with E-state index in [4.69, 9.17) is 0 Å². The third-order valence-electron chi connectivity index (χ3n) is 5.01. The summed E-state index contributed by atoms with van der Waals surface area (Å²) in [4.78, 5) is 34.2. The zero-order chi connectivity index (χ0) is 21.2. The number of aliphatic hydroxyl groups is 1. The van der Waals surface area contributed by atoms with Crippen molar-refractivity contribution < 1.29 is 19.4 Å². The van der Waals surface area contributed by atoms with Crippen LogP contribution in [0.1, 0.15) is 18.9 Å². The molecule has 1 heterocycles. The number of aliphatic carboxylic acids is 1. The van der Waals surface area contributed by atoms with E-state index in [0.29, 0.717) is 11.1 Å². The molecule has 3 N–H and O–H groups in total. The summed E-state index contributed by atoms with van der Waals surface area (Å²) in [5.41, 5.74) is 1.48. The van der Waals surface area contributed by atoms with Crippen LogP contribution in [0.2, 0.25) is 0 Å². The highest BCUT2D eigenvalue weighted by Gasteiger charge is 2.36. The van der Waals surface area contributed by atoms with Gasteiger partial charge in [0, 0.05) is 11.6 Å². The predicted octanol–water partition coefficient (Wildman–Crippen LogP) is 1.52. The molecule has 1 aromatic heterocycles. The molecule has 0 radical (unpaired) electrons. The smallest absolute Gasteiger partial charge is 0.340 e. The van der Waals surface area contributed by atoms with Gasteiger partial charge in [-0.1, -0.05) is 42.5 Å². The van der Waals surface area contributed by atoms with Crippen LogP contribution in [-0.2, 0) is 11.2 Å². The number of aliphatic hydroxyl groups excluding tert-OH is 1. The fraction of sp³-hybridized carbons (Fsp3) is 0.286. The van der Waals surface area contributed by atoms with E-state index in [2.05, 4.69) is 5.43 Å². The molecule has 3 aromatic rings. The maximum atomic E-state index is 14.6. The van der Waals surface area contributed by atoms with E-state index < -0.39 is 41.0 Å². The molecule has 0 amide bonds. The number of aromatic nitrogens is 1. The molecule has 0 aliphatic rings. The number of benzene rings is 2. The lowest BCUT2D eigenvalue weighted by Gasteiger charge is -2.28. The number of carboxylic acid groups (broad SMARTS) is 1. The van der Waals surface area contributed by atoms with Crippen molar-refractivity contribution in [1.29, 1.82) is 0 Å². The van der Waals surface area contributed by atoms with Crippen molar-refractivity contribution in [3.8, 4) is 11.1 Å². The summed E-state index contributed by atoms with van der Waals surface area (Å²) in [6.45, 7) is 0.749. The number of carbonyl (C=O) groups is 1. The van der Waals surface area contributed by atoms with Crippen molar-refractivity contribution in [2.45, 2.75) is 25.8 Å². The fourth-order valence-electron chi connectivity index (χ4n) is 3.18. The predicted molar refractivity (Wildman–Crippen MR) is 105 cm³/mol. The van der Waals surface area contributed by atoms with E-state index in [1.165, 1.54) is 13.0 Å². The molecular formula is C21H21FN2O5. The average molecular weight is 400 g/mol. The van der Waals surface area contributed by atoms with Crippen LogP contribution in [0.4, 0.5) is 4.39 Å². The molecule has 0 bridgehead atoms. The second-order valence-electron chi connectivity index (χ2n) is 7.38. The first-order valence-corrected chi connectivity index (χ1v) is 9.08. The first-order chi connectivity index (χ1) is 13.7. The Hall–Kier alpha value is -3.26. The van der Waals surface area contributed by atoms with E-state index >= 15 is 0 Å².